The van der Waals surface area contributed by atoms with E-state index >= 15 is 0 Å². The second-order valence-electron chi connectivity index (χ2n) is 5.83. The number of fused-ring (bicyclic) bond motifs is 1. The Morgan fingerprint density at radius 3 is 2.69 bits per heavy atom. The first-order valence-electron chi connectivity index (χ1n) is 8.17. The van der Waals surface area contributed by atoms with Crippen molar-refractivity contribution in [2.75, 3.05) is 11.1 Å². The summed E-state index contributed by atoms with van der Waals surface area (Å²) in [5.41, 5.74) is 10.5. The summed E-state index contributed by atoms with van der Waals surface area (Å²) in [6.45, 7) is 0.511. The quantitative estimate of drug-likeness (QED) is 0.593. The molecule has 0 saturated heterocycles. The van der Waals surface area contributed by atoms with E-state index in [-0.39, 0.29) is 11.4 Å². The summed E-state index contributed by atoms with van der Waals surface area (Å²) in [6, 6.07) is 20.5. The molecule has 0 unspecified atom stereocenters. The molecular weight excluding hydrogens is 324 g/mol. The van der Waals surface area contributed by atoms with Crippen molar-refractivity contribution in [2.24, 2.45) is 0 Å². The lowest BCUT2D eigenvalue weighted by Crippen LogP contribution is -2.07. The Morgan fingerprint density at radius 2 is 1.88 bits per heavy atom. The number of aromatic nitrogens is 3. The molecular formula is C20H16N6. The number of pyridine rings is 1. The molecule has 3 aromatic heterocycles. The van der Waals surface area contributed by atoms with Gasteiger partial charge in [-0.2, -0.15) is 5.26 Å². The average molecular weight is 340 g/mol. The summed E-state index contributed by atoms with van der Waals surface area (Å²) in [6.07, 6.45) is 3.40. The molecule has 1 aromatic carbocycles. The molecule has 3 heterocycles. The highest BCUT2D eigenvalue weighted by Gasteiger charge is 2.14. The van der Waals surface area contributed by atoms with E-state index < -0.39 is 0 Å². The van der Waals surface area contributed by atoms with E-state index in [1.807, 2.05) is 36.5 Å². The Hall–Kier alpha value is -3.85. The molecule has 0 fully saturated rings. The molecule has 6 heteroatoms. The molecule has 0 aliphatic heterocycles. The maximum Gasteiger partial charge on any atom is 0.149 e. The van der Waals surface area contributed by atoms with E-state index in [0.29, 0.717) is 12.4 Å². The van der Waals surface area contributed by atoms with Crippen LogP contribution in [0.1, 0.15) is 11.1 Å². The van der Waals surface area contributed by atoms with Crippen molar-refractivity contribution < 1.29 is 0 Å². The molecule has 0 saturated carbocycles. The van der Waals surface area contributed by atoms with Crippen LogP contribution in [-0.2, 0) is 6.54 Å². The van der Waals surface area contributed by atoms with Crippen LogP contribution < -0.4 is 11.1 Å². The van der Waals surface area contributed by atoms with E-state index in [2.05, 4.69) is 50.0 Å². The molecule has 4 aromatic rings. The molecule has 0 atom stereocenters. The van der Waals surface area contributed by atoms with Gasteiger partial charge in [0.1, 0.15) is 29.6 Å². The van der Waals surface area contributed by atoms with E-state index in [0.717, 1.165) is 22.3 Å². The monoisotopic (exact) mass is 340 g/mol. The summed E-state index contributed by atoms with van der Waals surface area (Å²) in [5.74, 6) is 0.615. The van der Waals surface area contributed by atoms with Crippen LogP contribution in [0.15, 0.2) is 67.1 Å². The zero-order valence-corrected chi connectivity index (χ0v) is 13.9. The lowest BCUT2D eigenvalue weighted by Gasteiger charge is -2.10. The van der Waals surface area contributed by atoms with Crippen LogP contribution in [0.2, 0.25) is 0 Å². The van der Waals surface area contributed by atoms with Gasteiger partial charge < -0.3 is 15.5 Å². The Labute approximate surface area is 150 Å². The van der Waals surface area contributed by atoms with Gasteiger partial charge in [0.05, 0.1) is 5.69 Å². The predicted molar refractivity (Wildman–Crippen MR) is 101 cm³/mol. The summed E-state index contributed by atoms with van der Waals surface area (Å²) in [5, 5.41) is 12.5. The highest BCUT2D eigenvalue weighted by atomic mass is 15.0. The first kappa shape index (κ1) is 15.7. The largest absolute Gasteiger partial charge is 0.382 e. The minimum absolute atomic E-state index is 0.176. The molecule has 126 valence electrons. The zero-order chi connectivity index (χ0) is 17.9. The lowest BCUT2D eigenvalue weighted by atomic mass is 10.1. The zero-order valence-electron chi connectivity index (χ0n) is 13.9. The lowest BCUT2D eigenvalue weighted by molar-refractivity contribution is 1.07. The third-order valence-corrected chi connectivity index (χ3v) is 4.24. The summed E-state index contributed by atoms with van der Waals surface area (Å²) >= 11 is 0. The van der Waals surface area contributed by atoms with Gasteiger partial charge >= 0.3 is 0 Å². The normalized spacial score (nSPS) is 10.6. The van der Waals surface area contributed by atoms with Crippen LogP contribution >= 0.6 is 0 Å². The van der Waals surface area contributed by atoms with Crippen molar-refractivity contribution in [2.45, 2.75) is 6.54 Å². The van der Waals surface area contributed by atoms with Gasteiger partial charge in [-0.3, -0.25) is 0 Å². The number of nitrogens with zero attached hydrogens (tertiary/aromatic N) is 4. The van der Waals surface area contributed by atoms with Gasteiger partial charge in [0.2, 0.25) is 0 Å². The number of nitrogens with one attached hydrogen (secondary N) is 1. The van der Waals surface area contributed by atoms with E-state index in [4.69, 9.17) is 5.73 Å². The van der Waals surface area contributed by atoms with Crippen molar-refractivity contribution in [3.63, 3.8) is 0 Å². The number of hydrogen-bond acceptors (Lipinski definition) is 5. The number of nitrogens with two attached hydrogens (primary N) is 1. The van der Waals surface area contributed by atoms with Gasteiger partial charge in [0.15, 0.2) is 0 Å². The highest BCUT2D eigenvalue weighted by molar-refractivity contribution is 5.72. The number of anilines is 2. The van der Waals surface area contributed by atoms with Crippen LogP contribution in [0, 0.1) is 11.3 Å². The molecule has 0 spiro atoms. The van der Waals surface area contributed by atoms with Gasteiger partial charge in [-0.15, -0.1) is 0 Å². The van der Waals surface area contributed by atoms with Crippen molar-refractivity contribution in [1.82, 2.24) is 14.4 Å². The van der Waals surface area contributed by atoms with Crippen LogP contribution in [0.5, 0.6) is 0 Å². The first-order valence-corrected chi connectivity index (χ1v) is 8.17. The number of nitriles is 1. The Kier molecular flexibility index (Phi) is 3.96. The highest BCUT2D eigenvalue weighted by Crippen LogP contribution is 2.28. The van der Waals surface area contributed by atoms with E-state index in [9.17, 15) is 5.26 Å². The minimum Gasteiger partial charge on any atom is -0.382 e. The van der Waals surface area contributed by atoms with Crippen LogP contribution in [0.4, 0.5) is 11.6 Å². The first-order chi connectivity index (χ1) is 12.8. The van der Waals surface area contributed by atoms with Crippen LogP contribution in [-0.4, -0.2) is 14.4 Å². The summed E-state index contributed by atoms with van der Waals surface area (Å²) in [4.78, 5) is 8.02. The fourth-order valence-electron chi connectivity index (χ4n) is 3.06. The molecule has 0 radical (unpaired) electrons. The molecule has 0 aliphatic carbocycles. The number of nitrogen functional groups attached to an aromatic ring is 1. The average Bonchev–Trinajstić information content (AvgIpc) is 3.05. The standard InChI is InChI=1S/C20H16N6/c21-11-17-19(22)24-13-25-20(17)23-12-15-10-16-8-4-5-9-26(16)18(15)14-6-2-1-3-7-14/h1-10,13H,12H2,(H3,22,23,24,25). The molecule has 0 bridgehead atoms. The smallest absolute Gasteiger partial charge is 0.149 e. The number of rotatable bonds is 4. The molecule has 0 amide bonds. The van der Waals surface area contributed by atoms with Crippen LogP contribution in [0.3, 0.4) is 0 Å². The molecule has 4 rings (SSSR count). The van der Waals surface area contributed by atoms with Gasteiger partial charge in [-0.05, 0) is 29.3 Å². The fourth-order valence-corrected chi connectivity index (χ4v) is 3.06. The number of hydrogen-bond donors (Lipinski definition) is 2. The summed E-state index contributed by atoms with van der Waals surface area (Å²) < 4.78 is 2.16. The minimum atomic E-state index is 0.176. The third kappa shape index (κ3) is 2.72. The SMILES string of the molecule is N#Cc1c(N)ncnc1NCc1cc2ccccn2c1-c1ccccc1. The topological polar surface area (TPSA) is 92.0 Å². The predicted octanol–water partition coefficient (Wildman–Crippen LogP) is 3.46. The van der Waals surface area contributed by atoms with E-state index in [1.165, 1.54) is 6.33 Å². The second-order valence-corrected chi connectivity index (χ2v) is 5.83. The molecule has 3 N–H and O–H groups in total. The van der Waals surface area contributed by atoms with Gasteiger partial charge in [-0.1, -0.05) is 36.4 Å². The Bertz CT molecular complexity index is 1110. The van der Waals surface area contributed by atoms with Gasteiger partial charge in [0.25, 0.3) is 0 Å². The third-order valence-electron chi connectivity index (χ3n) is 4.24. The molecule has 26 heavy (non-hydrogen) atoms. The van der Waals surface area contributed by atoms with Crippen molar-refractivity contribution >= 4 is 17.2 Å². The van der Waals surface area contributed by atoms with Crippen molar-refractivity contribution in [1.29, 1.82) is 5.26 Å². The Morgan fingerprint density at radius 1 is 1.08 bits per heavy atom. The second kappa shape index (κ2) is 6.57. The van der Waals surface area contributed by atoms with E-state index in [1.54, 1.807) is 0 Å². The van der Waals surface area contributed by atoms with Crippen molar-refractivity contribution in [3.8, 4) is 17.3 Å². The van der Waals surface area contributed by atoms with Crippen molar-refractivity contribution in [3.05, 3.63) is 78.2 Å². The molecule has 0 aliphatic rings. The maximum atomic E-state index is 9.29. The molecule has 6 nitrogen and oxygen atoms in total. The van der Waals surface area contributed by atoms with Crippen LogP contribution in [0.25, 0.3) is 16.8 Å². The van der Waals surface area contributed by atoms with Gasteiger partial charge in [-0.25, -0.2) is 9.97 Å². The number of benzene rings is 1. The summed E-state index contributed by atoms with van der Waals surface area (Å²) in [7, 11) is 0. The maximum absolute atomic E-state index is 9.29. The Balaban J connectivity index is 1.76. The fraction of sp³-hybridized carbons (Fsp3) is 0.0500. The van der Waals surface area contributed by atoms with Gasteiger partial charge in [0, 0.05) is 18.3 Å².